The van der Waals surface area contributed by atoms with Gasteiger partial charge < -0.3 is 9.84 Å². The zero-order valence-electron chi connectivity index (χ0n) is 13.0. The Morgan fingerprint density at radius 2 is 2.26 bits per heavy atom. The molecule has 122 valence electrons. The summed E-state index contributed by atoms with van der Waals surface area (Å²) in [5.74, 6) is 1.38. The van der Waals surface area contributed by atoms with E-state index < -0.39 is 0 Å². The van der Waals surface area contributed by atoms with E-state index in [0.29, 0.717) is 37.0 Å². The highest BCUT2D eigenvalue weighted by molar-refractivity contribution is 5.75. The molecule has 0 radical (unpaired) electrons. The number of hydrogen-bond donors (Lipinski definition) is 1. The highest BCUT2D eigenvalue weighted by Gasteiger charge is 2.25. The van der Waals surface area contributed by atoms with Gasteiger partial charge in [0, 0.05) is 24.9 Å². The van der Waals surface area contributed by atoms with Crippen LogP contribution in [0.25, 0.3) is 0 Å². The molecule has 0 bridgehead atoms. The van der Waals surface area contributed by atoms with Crippen molar-refractivity contribution < 1.29 is 9.32 Å². The molecule has 0 saturated heterocycles. The standard InChI is InChI=1S/C15H19N5O3/c1-10-17-14(23-19-10)3-2-8-16-13(21)9-20-15(22)7-6-12(18-20)11-4-5-11/h6-7,11H,2-5,8-9H2,1H3,(H,16,21). The molecule has 0 aromatic carbocycles. The molecule has 1 aliphatic rings. The van der Waals surface area contributed by atoms with Crippen molar-refractivity contribution in [3.05, 3.63) is 39.9 Å². The average Bonchev–Trinajstić information content (AvgIpc) is 3.29. The van der Waals surface area contributed by atoms with Crippen molar-refractivity contribution in [1.82, 2.24) is 25.2 Å². The van der Waals surface area contributed by atoms with E-state index in [2.05, 4.69) is 20.6 Å². The number of aromatic nitrogens is 4. The Labute approximate surface area is 132 Å². The summed E-state index contributed by atoms with van der Waals surface area (Å²) in [6, 6.07) is 3.23. The molecule has 2 aromatic rings. The van der Waals surface area contributed by atoms with E-state index in [-0.39, 0.29) is 18.0 Å². The third-order valence-electron chi connectivity index (χ3n) is 3.64. The van der Waals surface area contributed by atoms with Crippen LogP contribution < -0.4 is 10.9 Å². The van der Waals surface area contributed by atoms with Gasteiger partial charge in [-0.05, 0) is 32.3 Å². The summed E-state index contributed by atoms with van der Waals surface area (Å²) in [4.78, 5) is 27.8. The maximum Gasteiger partial charge on any atom is 0.267 e. The first kappa shape index (κ1) is 15.4. The number of aryl methyl sites for hydroxylation is 2. The fourth-order valence-corrected chi connectivity index (χ4v) is 2.28. The van der Waals surface area contributed by atoms with Gasteiger partial charge in [-0.1, -0.05) is 5.16 Å². The zero-order chi connectivity index (χ0) is 16.2. The number of nitrogens with one attached hydrogen (secondary N) is 1. The average molecular weight is 317 g/mol. The Morgan fingerprint density at radius 1 is 1.43 bits per heavy atom. The van der Waals surface area contributed by atoms with Crippen LogP contribution in [0.15, 0.2) is 21.5 Å². The van der Waals surface area contributed by atoms with Crippen molar-refractivity contribution in [1.29, 1.82) is 0 Å². The Balaban J connectivity index is 1.45. The number of carbonyl (C=O) groups is 1. The molecule has 0 spiro atoms. The molecule has 1 saturated carbocycles. The third kappa shape index (κ3) is 4.24. The molecule has 2 heterocycles. The molecule has 1 amide bonds. The molecule has 0 aliphatic heterocycles. The normalized spacial score (nSPS) is 14.0. The number of hydrogen-bond acceptors (Lipinski definition) is 6. The van der Waals surface area contributed by atoms with Crippen LogP contribution in [-0.2, 0) is 17.8 Å². The summed E-state index contributed by atoms with van der Waals surface area (Å²) in [7, 11) is 0. The highest BCUT2D eigenvalue weighted by atomic mass is 16.5. The minimum absolute atomic E-state index is 0.0565. The van der Waals surface area contributed by atoms with Gasteiger partial charge in [-0.15, -0.1) is 0 Å². The van der Waals surface area contributed by atoms with Crippen molar-refractivity contribution in [2.24, 2.45) is 0 Å². The van der Waals surface area contributed by atoms with Crippen molar-refractivity contribution in [3.63, 3.8) is 0 Å². The lowest BCUT2D eigenvalue weighted by Crippen LogP contribution is -2.34. The van der Waals surface area contributed by atoms with E-state index in [0.717, 1.165) is 18.5 Å². The minimum atomic E-state index is -0.258. The van der Waals surface area contributed by atoms with Crippen LogP contribution in [0.2, 0.25) is 0 Å². The number of amides is 1. The first-order chi connectivity index (χ1) is 11.1. The first-order valence-corrected chi connectivity index (χ1v) is 7.76. The van der Waals surface area contributed by atoms with Crippen molar-refractivity contribution >= 4 is 5.91 Å². The van der Waals surface area contributed by atoms with Gasteiger partial charge in [0.15, 0.2) is 5.82 Å². The molecule has 1 aliphatic carbocycles. The van der Waals surface area contributed by atoms with Gasteiger partial charge in [0.05, 0.1) is 5.69 Å². The topological polar surface area (TPSA) is 103 Å². The summed E-state index contributed by atoms with van der Waals surface area (Å²) < 4.78 is 6.22. The van der Waals surface area contributed by atoms with Crippen molar-refractivity contribution in [3.8, 4) is 0 Å². The van der Waals surface area contributed by atoms with Gasteiger partial charge in [-0.25, -0.2) is 4.68 Å². The van der Waals surface area contributed by atoms with Gasteiger partial charge in [0.1, 0.15) is 6.54 Å². The van der Waals surface area contributed by atoms with Gasteiger partial charge >= 0.3 is 0 Å². The van der Waals surface area contributed by atoms with Gasteiger partial charge in [-0.3, -0.25) is 9.59 Å². The quantitative estimate of drug-likeness (QED) is 0.749. The second-order valence-electron chi connectivity index (χ2n) is 5.72. The van der Waals surface area contributed by atoms with Crippen molar-refractivity contribution in [2.45, 2.75) is 45.1 Å². The van der Waals surface area contributed by atoms with Crippen LogP contribution in [-0.4, -0.2) is 32.4 Å². The van der Waals surface area contributed by atoms with E-state index in [9.17, 15) is 9.59 Å². The molecule has 1 fully saturated rings. The lowest BCUT2D eigenvalue weighted by Gasteiger charge is -2.07. The summed E-state index contributed by atoms with van der Waals surface area (Å²) in [5.41, 5.74) is 0.634. The molecule has 1 N–H and O–H groups in total. The zero-order valence-corrected chi connectivity index (χ0v) is 13.0. The Bertz CT molecular complexity index is 748. The summed E-state index contributed by atoms with van der Waals surface area (Å²) in [5, 5.41) is 10.7. The van der Waals surface area contributed by atoms with Crippen LogP contribution in [0, 0.1) is 6.92 Å². The highest BCUT2D eigenvalue weighted by Crippen LogP contribution is 2.38. The molecule has 0 unspecified atom stereocenters. The van der Waals surface area contributed by atoms with Crippen LogP contribution in [0.4, 0.5) is 0 Å². The van der Waals surface area contributed by atoms with Crippen LogP contribution in [0.1, 0.15) is 42.6 Å². The van der Waals surface area contributed by atoms with Gasteiger partial charge in [0.25, 0.3) is 5.56 Å². The largest absolute Gasteiger partial charge is 0.354 e. The molecule has 3 rings (SSSR count). The maximum atomic E-state index is 11.9. The second kappa shape index (κ2) is 6.72. The number of nitrogens with zero attached hydrogens (tertiary/aromatic N) is 4. The SMILES string of the molecule is Cc1noc(CCCNC(=O)Cn2nc(C3CC3)ccc2=O)n1. The molecule has 8 nitrogen and oxygen atoms in total. The predicted octanol–water partition coefficient (Wildman–Crippen LogP) is 0.561. The fourth-order valence-electron chi connectivity index (χ4n) is 2.28. The Morgan fingerprint density at radius 3 is 2.96 bits per heavy atom. The van der Waals surface area contributed by atoms with Crippen LogP contribution in [0.3, 0.4) is 0 Å². The first-order valence-electron chi connectivity index (χ1n) is 7.76. The molecular weight excluding hydrogens is 298 g/mol. The molecular formula is C15H19N5O3. The molecule has 0 atom stereocenters. The summed E-state index contributed by atoms with van der Waals surface area (Å²) in [6.07, 6.45) is 3.51. The van der Waals surface area contributed by atoms with Crippen molar-refractivity contribution in [2.75, 3.05) is 6.54 Å². The lowest BCUT2D eigenvalue weighted by atomic mass is 10.3. The second-order valence-corrected chi connectivity index (χ2v) is 5.72. The number of rotatable bonds is 7. The Kier molecular flexibility index (Phi) is 4.50. The maximum absolute atomic E-state index is 11.9. The van der Waals surface area contributed by atoms with Gasteiger partial charge in [0.2, 0.25) is 11.8 Å². The third-order valence-corrected chi connectivity index (χ3v) is 3.64. The van der Waals surface area contributed by atoms with E-state index in [1.54, 1.807) is 13.0 Å². The van der Waals surface area contributed by atoms with Gasteiger partial charge in [-0.2, -0.15) is 10.1 Å². The minimum Gasteiger partial charge on any atom is -0.354 e. The van der Waals surface area contributed by atoms with E-state index >= 15 is 0 Å². The van der Waals surface area contributed by atoms with E-state index in [1.807, 2.05) is 0 Å². The van der Waals surface area contributed by atoms with Crippen LogP contribution in [0.5, 0.6) is 0 Å². The Hall–Kier alpha value is -2.51. The molecule has 8 heteroatoms. The smallest absolute Gasteiger partial charge is 0.267 e. The molecule has 2 aromatic heterocycles. The van der Waals surface area contributed by atoms with Crippen LogP contribution >= 0.6 is 0 Å². The lowest BCUT2D eigenvalue weighted by molar-refractivity contribution is -0.121. The molecule has 23 heavy (non-hydrogen) atoms. The summed E-state index contributed by atoms with van der Waals surface area (Å²) in [6.45, 7) is 2.19. The fraction of sp³-hybridized carbons (Fsp3) is 0.533. The monoisotopic (exact) mass is 317 g/mol. The summed E-state index contributed by atoms with van der Waals surface area (Å²) >= 11 is 0. The predicted molar refractivity (Wildman–Crippen MR) is 80.8 cm³/mol. The van der Waals surface area contributed by atoms with E-state index in [1.165, 1.54) is 10.7 Å². The number of carbonyl (C=O) groups excluding carboxylic acids is 1. The van der Waals surface area contributed by atoms with E-state index in [4.69, 9.17) is 4.52 Å².